The molecule has 1 atom stereocenters. The second kappa shape index (κ2) is 4.97. The number of rotatable bonds is 6. The first-order valence-electron chi connectivity index (χ1n) is 5.61. The van der Waals surface area contributed by atoms with Crippen LogP contribution in [0.15, 0.2) is 0 Å². The Morgan fingerprint density at radius 3 is 2.38 bits per heavy atom. The molecule has 0 aromatic heterocycles. The van der Waals surface area contributed by atoms with E-state index in [4.69, 9.17) is 5.73 Å². The third-order valence-electron chi connectivity index (χ3n) is 2.99. The Hall–Kier alpha value is -0.0800. The summed E-state index contributed by atoms with van der Waals surface area (Å²) < 4.78 is 0. The Morgan fingerprint density at radius 1 is 1.38 bits per heavy atom. The van der Waals surface area contributed by atoms with Gasteiger partial charge in [-0.05, 0) is 31.2 Å². The molecule has 0 aromatic carbocycles. The minimum absolute atomic E-state index is 0.346. The van der Waals surface area contributed by atoms with Crippen LogP contribution in [0.2, 0.25) is 0 Å². The predicted octanol–water partition coefficient (Wildman–Crippen LogP) is 1.70. The highest BCUT2D eigenvalue weighted by molar-refractivity contribution is 4.79. The Kier molecular flexibility index (Phi) is 4.20. The third kappa shape index (κ3) is 4.10. The predicted molar refractivity (Wildman–Crippen MR) is 57.7 cm³/mol. The van der Waals surface area contributed by atoms with E-state index in [9.17, 15) is 0 Å². The summed E-state index contributed by atoms with van der Waals surface area (Å²) in [6.07, 6.45) is 2.88. The van der Waals surface area contributed by atoms with Crippen LogP contribution >= 0.6 is 0 Å². The Morgan fingerprint density at radius 2 is 2.00 bits per heavy atom. The molecule has 0 amide bonds. The van der Waals surface area contributed by atoms with Gasteiger partial charge in [-0.3, -0.25) is 0 Å². The van der Waals surface area contributed by atoms with Crippen molar-refractivity contribution in [3.05, 3.63) is 0 Å². The molecule has 1 aliphatic rings. The second-order valence-electron chi connectivity index (χ2n) is 4.70. The monoisotopic (exact) mass is 184 g/mol. The lowest BCUT2D eigenvalue weighted by atomic mass is 10.1. The Balaban J connectivity index is 2.20. The first-order valence-corrected chi connectivity index (χ1v) is 5.61. The molecule has 2 heteroatoms. The highest BCUT2D eigenvalue weighted by atomic mass is 15.1. The van der Waals surface area contributed by atoms with Crippen molar-refractivity contribution in [2.45, 2.75) is 39.7 Å². The molecule has 1 unspecified atom stereocenters. The van der Waals surface area contributed by atoms with Crippen LogP contribution in [0.1, 0.15) is 33.6 Å². The zero-order chi connectivity index (χ0) is 9.84. The number of hydrogen-bond donors (Lipinski definition) is 1. The van der Waals surface area contributed by atoms with Crippen LogP contribution in [0.3, 0.4) is 0 Å². The first kappa shape index (κ1) is 11.0. The van der Waals surface area contributed by atoms with Crippen molar-refractivity contribution in [2.75, 3.05) is 19.6 Å². The van der Waals surface area contributed by atoms with E-state index in [0.717, 1.165) is 19.0 Å². The largest absolute Gasteiger partial charge is 0.326 e. The number of hydrogen-bond acceptors (Lipinski definition) is 2. The van der Waals surface area contributed by atoms with Gasteiger partial charge in [0.25, 0.3) is 0 Å². The molecule has 13 heavy (non-hydrogen) atoms. The summed E-state index contributed by atoms with van der Waals surface area (Å²) in [6.45, 7) is 10.1. The molecule has 0 heterocycles. The molecule has 0 spiro atoms. The minimum Gasteiger partial charge on any atom is -0.326 e. The number of likely N-dealkylation sites (N-methyl/N-ethyl adjacent to an activating group) is 1. The van der Waals surface area contributed by atoms with E-state index < -0.39 is 0 Å². The van der Waals surface area contributed by atoms with E-state index in [-0.39, 0.29) is 0 Å². The van der Waals surface area contributed by atoms with Gasteiger partial charge < -0.3 is 10.6 Å². The minimum atomic E-state index is 0.346. The molecular formula is C11H24N2. The van der Waals surface area contributed by atoms with Crippen LogP contribution in [-0.2, 0) is 0 Å². The SMILES string of the molecule is CCN(CC1CC1)CC(N)C(C)C. The highest BCUT2D eigenvalue weighted by Gasteiger charge is 2.24. The average Bonchev–Trinajstić information content (AvgIpc) is 2.86. The molecule has 2 N–H and O–H groups in total. The molecule has 0 aliphatic heterocycles. The first-order chi connectivity index (χ1) is 6.13. The van der Waals surface area contributed by atoms with Gasteiger partial charge in [-0.25, -0.2) is 0 Å². The van der Waals surface area contributed by atoms with E-state index >= 15 is 0 Å². The maximum absolute atomic E-state index is 6.05. The van der Waals surface area contributed by atoms with E-state index in [1.54, 1.807) is 0 Å². The smallest absolute Gasteiger partial charge is 0.0191 e. The fourth-order valence-electron chi connectivity index (χ4n) is 1.51. The van der Waals surface area contributed by atoms with Gasteiger partial charge in [0.15, 0.2) is 0 Å². The maximum atomic E-state index is 6.05. The fourth-order valence-corrected chi connectivity index (χ4v) is 1.51. The van der Waals surface area contributed by atoms with Crippen LogP contribution in [0.5, 0.6) is 0 Å². The van der Waals surface area contributed by atoms with Gasteiger partial charge >= 0.3 is 0 Å². The lowest BCUT2D eigenvalue weighted by molar-refractivity contribution is 0.240. The van der Waals surface area contributed by atoms with Crippen molar-refractivity contribution >= 4 is 0 Å². The molecule has 78 valence electrons. The van der Waals surface area contributed by atoms with Crippen LogP contribution in [-0.4, -0.2) is 30.6 Å². The molecule has 0 radical (unpaired) electrons. The van der Waals surface area contributed by atoms with Crippen molar-refractivity contribution in [1.29, 1.82) is 0 Å². The summed E-state index contributed by atoms with van der Waals surface area (Å²) in [6, 6.07) is 0.346. The Bertz CT molecular complexity index is 141. The molecule has 1 rings (SSSR count). The van der Waals surface area contributed by atoms with E-state index in [1.807, 2.05) is 0 Å². The van der Waals surface area contributed by atoms with E-state index in [0.29, 0.717) is 12.0 Å². The average molecular weight is 184 g/mol. The van der Waals surface area contributed by atoms with Crippen LogP contribution in [0.4, 0.5) is 0 Å². The standard InChI is InChI=1S/C11H24N2/c1-4-13(7-10-5-6-10)8-11(12)9(2)3/h9-11H,4-8,12H2,1-3H3. The highest BCUT2D eigenvalue weighted by Crippen LogP contribution is 2.29. The van der Waals surface area contributed by atoms with Gasteiger partial charge in [0, 0.05) is 19.1 Å². The van der Waals surface area contributed by atoms with Crippen molar-refractivity contribution in [3.63, 3.8) is 0 Å². The summed E-state index contributed by atoms with van der Waals surface area (Å²) >= 11 is 0. The topological polar surface area (TPSA) is 29.3 Å². The third-order valence-corrected chi connectivity index (χ3v) is 2.99. The van der Waals surface area contributed by atoms with Crippen molar-refractivity contribution in [1.82, 2.24) is 4.90 Å². The van der Waals surface area contributed by atoms with E-state index in [2.05, 4.69) is 25.7 Å². The number of nitrogens with zero attached hydrogens (tertiary/aromatic N) is 1. The van der Waals surface area contributed by atoms with E-state index in [1.165, 1.54) is 19.4 Å². The molecule has 1 saturated carbocycles. The zero-order valence-corrected chi connectivity index (χ0v) is 9.29. The van der Waals surface area contributed by atoms with Crippen molar-refractivity contribution in [2.24, 2.45) is 17.6 Å². The van der Waals surface area contributed by atoms with Crippen LogP contribution < -0.4 is 5.73 Å². The van der Waals surface area contributed by atoms with Crippen molar-refractivity contribution in [3.8, 4) is 0 Å². The quantitative estimate of drug-likeness (QED) is 0.681. The molecule has 2 nitrogen and oxygen atoms in total. The summed E-state index contributed by atoms with van der Waals surface area (Å²) in [5.74, 6) is 1.59. The summed E-state index contributed by atoms with van der Waals surface area (Å²) in [5, 5.41) is 0. The molecule has 0 bridgehead atoms. The lowest BCUT2D eigenvalue weighted by Crippen LogP contribution is -2.41. The maximum Gasteiger partial charge on any atom is 0.0191 e. The van der Waals surface area contributed by atoms with Crippen molar-refractivity contribution < 1.29 is 0 Å². The molecule has 0 saturated heterocycles. The van der Waals surface area contributed by atoms with Gasteiger partial charge in [0.05, 0.1) is 0 Å². The molecule has 1 aliphatic carbocycles. The van der Waals surface area contributed by atoms with Crippen LogP contribution in [0, 0.1) is 11.8 Å². The fraction of sp³-hybridized carbons (Fsp3) is 1.00. The van der Waals surface area contributed by atoms with Gasteiger partial charge in [0.2, 0.25) is 0 Å². The summed E-state index contributed by atoms with van der Waals surface area (Å²) in [4.78, 5) is 2.50. The Labute approximate surface area is 82.5 Å². The lowest BCUT2D eigenvalue weighted by Gasteiger charge is -2.26. The summed E-state index contributed by atoms with van der Waals surface area (Å²) in [7, 11) is 0. The van der Waals surface area contributed by atoms with Gasteiger partial charge in [-0.15, -0.1) is 0 Å². The number of nitrogens with two attached hydrogens (primary N) is 1. The van der Waals surface area contributed by atoms with Gasteiger partial charge in [-0.1, -0.05) is 20.8 Å². The normalized spacial score (nSPS) is 19.8. The molecule has 0 aromatic rings. The summed E-state index contributed by atoms with van der Waals surface area (Å²) in [5.41, 5.74) is 6.05. The van der Waals surface area contributed by atoms with Crippen LogP contribution in [0.25, 0.3) is 0 Å². The molecule has 1 fully saturated rings. The van der Waals surface area contributed by atoms with Gasteiger partial charge in [0.1, 0.15) is 0 Å². The zero-order valence-electron chi connectivity index (χ0n) is 9.29. The second-order valence-corrected chi connectivity index (χ2v) is 4.70. The molecular weight excluding hydrogens is 160 g/mol. The van der Waals surface area contributed by atoms with Gasteiger partial charge in [-0.2, -0.15) is 0 Å².